The van der Waals surface area contributed by atoms with Gasteiger partial charge in [0, 0.05) is 5.56 Å². The number of amides is 2. The van der Waals surface area contributed by atoms with E-state index in [4.69, 9.17) is 10.5 Å². The first-order valence-electron chi connectivity index (χ1n) is 8.40. The van der Waals surface area contributed by atoms with E-state index in [-0.39, 0.29) is 5.56 Å². The molecule has 8 heteroatoms. The fourth-order valence-electron chi connectivity index (χ4n) is 2.51. The number of aryl methyl sites for hydroxylation is 1. The molecule has 2 heterocycles. The maximum Gasteiger partial charge on any atom is 0.349 e. The normalized spacial score (nSPS) is 11.6. The number of thiophene rings is 2. The molecule has 2 amide bonds. The van der Waals surface area contributed by atoms with Crippen LogP contribution in [0, 0.1) is 6.92 Å². The van der Waals surface area contributed by atoms with Gasteiger partial charge in [0.1, 0.15) is 9.88 Å². The van der Waals surface area contributed by atoms with E-state index in [1.165, 1.54) is 35.7 Å². The molecule has 144 valence electrons. The van der Waals surface area contributed by atoms with E-state index in [1.807, 2.05) is 37.3 Å². The van der Waals surface area contributed by atoms with Crippen LogP contribution in [0.3, 0.4) is 0 Å². The number of esters is 1. The van der Waals surface area contributed by atoms with Crippen molar-refractivity contribution in [2.24, 2.45) is 5.73 Å². The SMILES string of the molecule is Cc1ccc(-c2ccsc2C(=O)OC(C)C(=O)Nc2sccc2C(N)=O)cc1. The quantitative estimate of drug-likeness (QED) is 0.594. The van der Waals surface area contributed by atoms with Crippen LogP contribution in [0.25, 0.3) is 11.1 Å². The van der Waals surface area contributed by atoms with E-state index in [0.717, 1.165) is 16.7 Å². The molecular formula is C20H18N2O4S2. The molecule has 28 heavy (non-hydrogen) atoms. The molecule has 3 rings (SSSR count). The first-order chi connectivity index (χ1) is 13.4. The van der Waals surface area contributed by atoms with Gasteiger partial charge in [-0.2, -0.15) is 0 Å². The molecular weight excluding hydrogens is 396 g/mol. The summed E-state index contributed by atoms with van der Waals surface area (Å²) in [5, 5.41) is 6.36. The first-order valence-corrected chi connectivity index (χ1v) is 10.2. The van der Waals surface area contributed by atoms with Crippen molar-refractivity contribution in [2.45, 2.75) is 20.0 Å². The zero-order valence-corrected chi connectivity index (χ0v) is 16.9. The molecule has 0 saturated carbocycles. The maximum atomic E-state index is 12.6. The Kier molecular flexibility index (Phi) is 5.91. The Morgan fingerprint density at radius 3 is 2.39 bits per heavy atom. The predicted octanol–water partition coefficient (Wildman–Crippen LogP) is 4.07. The smallest absolute Gasteiger partial charge is 0.349 e. The first kappa shape index (κ1) is 19.8. The standard InChI is InChI=1S/C20H18N2O4S2/c1-11-3-5-13(6-4-11)14-7-9-27-16(14)20(25)26-12(2)18(24)22-19-15(17(21)23)8-10-28-19/h3-10,12H,1-2H3,(H2,21,23)(H,22,24). The number of rotatable bonds is 6. The highest BCUT2D eigenvalue weighted by atomic mass is 32.1. The molecule has 0 spiro atoms. The summed E-state index contributed by atoms with van der Waals surface area (Å²) < 4.78 is 5.34. The lowest BCUT2D eigenvalue weighted by Crippen LogP contribution is -2.30. The topological polar surface area (TPSA) is 98.5 Å². The van der Waals surface area contributed by atoms with Crippen molar-refractivity contribution in [1.29, 1.82) is 0 Å². The summed E-state index contributed by atoms with van der Waals surface area (Å²) in [6.07, 6.45) is -1.04. The molecule has 0 aliphatic carbocycles. The molecule has 3 aromatic rings. The van der Waals surface area contributed by atoms with Gasteiger partial charge < -0.3 is 15.8 Å². The second kappa shape index (κ2) is 8.37. The average molecular weight is 415 g/mol. The van der Waals surface area contributed by atoms with Gasteiger partial charge in [-0.05, 0) is 42.3 Å². The molecule has 2 aromatic heterocycles. The summed E-state index contributed by atoms with van der Waals surface area (Å²) in [7, 11) is 0. The van der Waals surface area contributed by atoms with E-state index >= 15 is 0 Å². The van der Waals surface area contributed by atoms with Crippen LogP contribution >= 0.6 is 22.7 Å². The Labute approximate surface area is 170 Å². The van der Waals surface area contributed by atoms with Gasteiger partial charge in [-0.1, -0.05) is 29.8 Å². The molecule has 0 aliphatic heterocycles. The van der Waals surface area contributed by atoms with Crippen LogP contribution in [0.15, 0.2) is 47.2 Å². The summed E-state index contributed by atoms with van der Waals surface area (Å²) in [4.78, 5) is 36.7. The Morgan fingerprint density at radius 1 is 1.04 bits per heavy atom. The number of hydrogen-bond donors (Lipinski definition) is 2. The van der Waals surface area contributed by atoms with Gasteiger partial charge >= 0.3 is 5.97 Å². The number of nitrogens with one attached hydrogen (secondary N) is 1. The lowest BCUT2D eigenvalue weighted by molar-refractivity contribution is -0.123. The fourth-order valence-corrected chi connectivity index (χ4v) is 4.10. The number of ether oxygens (including phenoxy) is 1. The van der Waals surface area contributed by atoms with Gasteiger partial charge in [0.2, 0.25) is 0 Å². The van der Waals surface area contributed by atoms with Gasteiger partial charge in [0.25, 0.3) is 11.8 Å². The maximum absolute atomic E-state index is 12.6. The van der Waals surface area contributed by atoms with Crippen LogP contribution in [0.1, 0.15) is 32.5 Å². The van der Waals surface area contributed by atoms with Gasteiger partial charge in [-0.3, -0.25) is 9.59 Å². The second-order valence-corrected chi connectivity index (χ2v) is 7.93. The molecule has 0 bridgehead atoms. The van der Waals surface area contributed by atoms with Crippen molar-refractivity contribution < 1.29 is 19.1 Å². The Balaban J connectivity index is 1.70. The summed E-state index contributed by atoms with van der Waals surface area (Å²) in [5.41, 5.74) is 8.28. The van der Waals surface area contributed by atoms with E-state index < -0.39 is 23.9 Å². The van der Waals surface area contributed by atoms with Gasteiger partial charge in [0.05, 0.1) is 5.56 Å². The van der Waals surface area contributed by atoms with Crippen LogP contribution in [-0.2, 0) is 9.53 Å². The van der Waals surface area contributed by atoms with E-state index in [0.29, 0.717) is 9.88 Å². The van der Waals surface area contributed by atoms with Crippen molar-refractivity contribution in [3.63, 3.8) is 0 Å². The molecule has 1 aromatic carbocycles. The Hall–Kier alpha value is -2.97. The molecule has 0 fully saturated rings. The lowest BCUT2D eigenvalue weighted by Gasteiger charge is -2.13. The summed E-state index contributed by atoms with van der Waals surface area (Å²) in [6, 6.07) is 11.2. The van der Waals surface area contributed by atoms with Gasteiger partial charge in [0.15, 0.2) is 6.10 Å². The minimum atomic E-state index is -1.04. The number of nitrogens with two attached hydrogens (primary N) is 1. The molecule has 6 nitrogen and oxygen atoms in total. The van der Waals surface area contributed by atoms with Crippen LogP contribution in [0.4, 0.5) is 5.00 Å². The Bertz CT molecular complexity index is 1020. The van der Waals surface area contributed by atoms with Crippen LogP contribution in [0.5, 0.6) is 0 Å². The highest BCUT2D eigenvalue weighted by Gasteiger charge is 2.23. The van der Waals surface area contributed by atoms with E-state index in [2.05, 4.69) is 5.32 Å². The number of primary amides is 1. The molecule has 0 aliphatic rings. The monoisotopic (exact) mass is 414 g/mol. The van der Waals surface area contributed by atoms with Crippen molar-refractivity contribution in [1.82, 2.24) is 0 Å². The summed E-state index contributed by atoms with van der Waals surface area (Å²) in [6.45, 7) is 3.47. The van der Waals surface area contributed by atoms with Crippen LogP contribution in [-0.4, -0.2) is 23.9 Å². The Morgan fingerprint density at radius 2 is 1.71 bits per heavy atom. The number of benzene rings is 1. The molecule has 0 saturated heterocycles. The van der Waals surface area contributed by atoms with E-state index in [1.54, 1.807) is 10.8 Å². The lowest BCUT2D eigenvalue weighted by atomic mass is 10.1. The van der Waals surface area contributed by atoms with Gasteiger partial charge in [-0.25, -0.2) is 4.79 Å². The summed E-state index contributed by atoms with van der Waals surface area (Å²) >= 11 is 2.43. The van der Waals surface area contributed by atoms with Crippen LogP contribution in [0.2, 0.25) is 0 Å². The number of anilines is 1. The molecule has 3 N–H and O–H groups in total. The van der Waals surface area contributed by atoms with E-state index in [9.17, 15) is 14.4 Å². The van der Waals surface area contributed by atoms with Crippen molar-refractivity contribution >= 4 is 45.5 Å². The van der Waals surface area contributed by atoms with Crippen LogP contribution < -0.4 is 11.1 Å². The highest BCUT2D eigenvalue weighted by molar-refractivity contribution is 7.14. The van der Waals surface area contributed by atoms with Gasteiger partial charge in [-0.15, -0.1) is 22.7 Å². The molecule has 1 atom stereocenters. The highest BCUT2D eigenvalue weighted by Crippen LogP contribution is 2.30. The minimum Gasteiger partial charge on any atom is -0.448 e. The summed E-state index contributed by atoms with van der Waals surface area (Å²) in [5.74, 6) is -1.75. The van der Waals surface area contributed by atoms with Crippen molar-refractivity contribution in [3.05, 3.63) is 63.2 Å². The van der Waals surface area contributed by atoms with Crippen molar-refractivity contribution in [2.75, 3.05) is 5.32 Å². The zero-order chi connectivity index (χ0) is 20.3. The molecule has 0 radical (unpaired) electrons. The third-order valence-electron chi connectivity index (χ3n) is 4.03. The number of carbonyl (C=O) groups is 3. The second-order valence-electron chi connectivity index (χ2n) is 6.09. The fraction of sp³-hybridized carbons (Fsp3) is 0.150. The predicted molar refractivity (Wildman–Crippen MR) is 111 cm³/mol. The largest absolute Gasteiger partial charge is 0.448 e. The minimum absolute atomic E-state index is 0.219. The zero-order valence-electron chi connectivity index (χ0n) is 15.2. The average Bonchev–Trinajstić information content (AvgIpc) is 3.31. The number of carbonyl (C=O) groups excluding carboxylic acids is 3. The number of hydrogen-bond acceptors (Lipinski definition) is 6. The molecule has 1 unspecified atom stereocenters. The van der Waals surface area contributed by atoms with Crippen molar-refractivity contribution in [3.8, 4) is 11.1 Å². The third-order valence-corrected chi connectivity index (χ3v) is 5.76. The third kappa shape index (κ3) is 4.29.